The average molecular weight is 477 g/mol. The number of alkyl carbamates (subject to hydrolysis) is 1. The third-order valence-electron chi connectivity index (χ3n) is 8.20. The van der Waals surface area contributed by atoms with E-state index in [9.17, 15) is 19.5 Å². The van der Waals surface area contributed by atoms with E-state index in [0.717, 1.165) is 30.4 Å². The molecule has 1 heterocycles. The van der Waals surface area contributed by atoms with E-state index in [-0.39, 0.29) is 42.9 Å². The van der Waals surface area contributed by atoms with Gasteiger partial charge in [-0.25, -0.2) is 4.79 Å². The van der Waals surface area contributed by atoms with Gasteiger partial charge >= 0.3 is 12.1 Å². The second-order valence-electron chi connectivity index (χ2n) is 10.0. The first kappa shape index (κ1) is 23.4. The normalized spacial score (nSPS) is 22.1. The molecule has 2 aromatic rings. The number of carbonyl (C=O) groups excluding carboxylic acids is 2. The van der Waals surface area contributed by atoms with Crippen LogP contribution in [-0.2, 0) is 14.3 Å². The minimum absolute atomic E-state index is 0.0180. The molecular weight excluding hydrogens is 444 g/mol. The van der Waals surface area contributed by atoms with Crippen molar-refractivity contribution in [3.63, 3.8) is 0 Å². The van der Waals surface area contributed by atoms with Crippen molar-refractivity contribution in [3.8, 4) is 11.1 Å². The monoisotopic (exact) mass is 476 g/mol. The topological polar surface area (TPSA) is 95.9 Å². The van der Waals surface area contributed by atoms with Crippen molar-refractivity contribution in [2.45, 2.75) is 44.6 Å². The summed E-state index contributed by atoms with van der Waals surface area (Å²) in [4.78, 5) is 39.2. The number of benzene rings is 2. The summed E-state index contributed by atoms with van der Waals surface area (Å²) < 4.78 is 5.64. The molecule has 3 unspecified atom stereocenters. The zero-order valence-corrected chi connectivity index (χ0v) is 20.0. The highest BCUT2D eigenvalue weighted by molar-refractivity contribution is 5.83. The largest absolute Gasteiger partial charge is 0.481 e. The Hall–Kier alpha value is -3.35. The first-order valence-corrected chi connectivity index (χ1v) is 12.6. The molecule has 1 aliphatic heterocycles. The maximum absolute atomic E-state index is 13.4. The van der Waals surface area contributed by atoms with Crippen molar-refractivity contribution < 1.29 is 24.2 Å². The van der Waals surface area contributed by atoms with Gasteiger partial charge in [0, 0.05) is 25.0 Å². The molecule has 0 radical (unpaired) electrons. The van der Waals surface area contributed by atoms with Gasteiger partial charge in [0.15, 0.2) is 0 Å². The van der Waals surface area contributed by atoms with Crippen LogP contribution in [0.4, 0.5) is 4.79 Å². The minimum atomic E-state index is -0.857. The molecule has 0 spiro atoms. The Labute approximate surface area is 205 Å². The molecule has 0 bridgehead atoms. The summed E-state index contributed by atoms with van der Waals surface area (Å²) in [5, 5.41) is 12.3. The average Bonchev–Trinajstić information content (AvgIpc) is 3.37. The lowest BCUT2D eigenvalue weighted by Crippen LogP contribution is -2.48. The molecular formula is C28H32N2O5. The van der Waals surface area contributed by atoms with Gasteiger partial charge < -0.3 is 20.1 Å². The van der Waals surface area contributed by atoms with Gasteiger partial charge in [0.25, 0.3) is 0 Å². The molecule has 3 aliphatic rings. The molecule has 35 heavy (non-hydrogen) atoms. The van der Waals surface area contributed by atoms with E-state index in [1.54, 1.807) is 11.8 Å². The summed E-state index contributed by atoms with van der Waals surface area (Å²) in [5.74, 6) is -1.59. The number of nitrogens with zero attached hydrogens (tertiary/aromatic N) is 1. The van der Waals surface area contributed by atoms with Gasteiger partial charge in [-0.1, -0.05) is 55.0 Å². The van der Waals surface area contributed by atoms with E-state index in [1.165, 1.54) is 11.1 Å². The highest BCUT2D eigenvalue weighted by atomic mass is 16.5. The molecule has 2 aliphatic carbocycles. The zero-order chi connectivity index (χ0) is 24.5. The van der Waals surface area contributed by atoms with Gasteiger partial charge in [-0.05, 0) is 54.4 Å². The Kier molecular flexibility index (Phi) is 6.50. The van der Waals surface area contributed by atoms with Gasteiger partial charge in [0.05, 0.1) is 11.8 Å². The molecule has 7 nitrogen and oxygen atoms in total. The molecule has 2 fully saturated rings. The SMILES string of the molecule is CC1C(C(=O)O)CCN1C(=O)C(CNC(=O)OCC1c2ccccc2-c2ccccc21)C1CCC1. The minimum Gasteiger partial charge on any atom is -0.481 e. The summed E-state index contributed by atoms with van der Waals surface area (Å²) in [5.41, 5.74) is 4.65. The Morgan fingerprint density at radius 2 is 1.66 bits per heavy atom. The van der Waals surface area contributed by atoms with Crippen LogP contribution in [0.5, 0.6) is 0 Å². The van der Waals surface area contributed by atoms with Crippen molar-refractivity contribution in [2.75, 3.05) is 19.7 Å². The standard InChI is InChI=1S/C28H32N2O5/c1-17-19(27(32)33)13-14-30(17)26(31)24(18-7-6-8-18)15-29-28(34)35-16-25-22-11-4-2-9-20(22)21-10-3-5-12-23(21)25/h2-5,9-12,17-19,24-25H,6-8,13-16H2,1H3,(H,29,34)(H,32,33). The van der Waals surface area contributed by atoms with Crippen LogP contribution >= 0.6 is 0 Å². The molecule has 2 amide bonds. The molecule has 1 saturated carbocycles. The number of nitrogens with one attached hydrogen (secondary N) is 1. The lowest BCUT2D eigenvalue weighted by Gasteiger charge is -2.36. The molecule has 0 aromatic heterocycles. The molecule has 2 N–H and O–H groups in total. The lowest BCUT2D eigenvalue weighted by atomic mass is 9.75. The number of hydrogen-bond donors (Lipinski definition) is 2. The van der Waals surface area contributed by atoms with E-state index in [1.807, 2.05) is 24.3 Å². The van der Waals surface area contributed by atoms with E-state index in [4.69, 9.17) is 4.74 Å². The summed E-state index contributed by atoms with van der Waals surface area (Å²) in [6, 6.07) is 16.0. The quantitative estimate of drug-likeness (QED) is 0.622. The van der Waals surface area contributed by atoms with Crippen LogP contribution in [0, 0.1) is 17.8 Å². The Morgan fingerprint density at radius 3 is 2.20 bits per heavy atom. The van der Waals surface area contributed by atoms with Gasteiger partial charge in [0.2, 0.25) is 5.91 Å². The number of amides is 2. The van der Waals surface area contributed by atoms with Gasteiger partial charge in [-0.3, -0.25) is 9.59 Å². The van der Waals surface area contributed by atoms with E-state index in [2.05, 4.69) is 29.6 Å². The number of carboxylic acid groups (broad SMARTS) is 1. The predicted octanol–water partition coefficient (Wildman–Crippen LogP) is 4.26. The van der Waals surface area contributed by atoms with Gasteiger partial charge in [-0.2, -0.15) is 0 Å². The smallest absolute Gasteiger partial charge is 0.407 e. The van der Waals surface area contributed by atoms with Crippen molar-refractivity contribution in [2.24, 2.45) is 17.8 Å². The van der Waals surface area contributed by atoms with E-state index in [0.29, 0.717) is 13.0 Å². The van der Waals surface area contributed by atoms with Crippen LogP contribution in [0.3, 0.4) is 0 Å². The second-order valence-corrected chi connectivity index (χ2v) is 10.0. The highest BCUT2D eigenvalue weighted by Gasteiger charge is 2.43. The van der Waals surface area contributed by atoms with Crippen LogP contribution < -0.4 is 5.32 Å². The number of ether oxygens (including phenoxy) is 1. The maximum atomic E-state index is 13.4. The number of rotatable bonds is 7. The fourth-order valence-corrected chi connectivity index (χ4v) is 5.93. The van der Waals surface area contributed by atoms with Crippen LogP contribution in [0.2, 0.25) is 0 Å². The number of hydrogen-bond acceptors (Lipinski definition) is 4. The molecule has 1 saturated heterocycles. The van der Waals surface area contributed by atoms with Crippen molar-refractivity contribution in [1.29, 1.82) is 0 Å². The van der Waals surface area contributed by atoms with Crippen LogP contribution in [0.25, 0.3) is 11.1 Å². The predicted molar refractivity (Wildman–Crippen MR) is 131 cm³/mol. The fourth-order valence-electron chi connectivity index (χ4n) is 5.93. The van der Waals surface area contributed by atoms with Gasteiger partial charge in [0.1, 0.15) is 6.61 Å². The third kappa shape index (κ3) is 4.40. The van der Waals surface area contributed by atoms with E-state index < -0.39 is 18.0 Å². The molecule has 2 aromatic carbocycles. The Morgan fingerprint density at radius 1 is 1.03 bits per heavy atom. The fraction of sp³-hybridized carbons (Fsp3) is 0.464. The second kappa shape index (κ2) is 9.72. The molecule has 3 atom stereocenters. The van der Waals surface area contributed by atoms with Crippen molar-refractivity contribution >= 4 is 18.0 Å². The summed E-state index contributed by atoms with van der Waals surface area (Å²) in [7, 11) is 0. The molecule has 184 valence electrons. The van der Waals surface area contributed by atoms with Crippen LogP contribution in [0.1, 0.15) is 49.7 Å². The van der Waals surface area contributed by atoms with E-state index >= 15 is 0 Å². The van der Waals surface area contributed by atoms with Crippen molar-refractivity contribution in [1.82, 2.24) is 10.2 Å². The maximum Gasteiger partial charge on any atom is 0.407 e. The first-order valence-electron chi connectivity index (χ1n) is 12.6. The first-order chi connectivity index (χ1) is 17.0. The molecule has 7 heteroatoms. The summed E-state index contributed by atoms with van der Waals surface area (Å²) in [6.07, 6.45) is 2.93. The lowest BCUT2D eigenvalue weighted by molar-refractivity contribution is -0.144. The van der Waals surface area contributed by atoms with Gasteiger partial charge in [-0.15, -0.1) is 0 Å². The third-order valence-corrected chi connectivity index (χ3v) is 8.20. The number of likely N-dealkylation sites (tertiary alicyclic amines) is 1. The number of carboxylic acids is 1. The molecule has 5 rings (SSSR count). The van der Waals surface area contributed by atoms with Crippen molar-refractivity contribution in [3.05, 3.63) is 59.7 Å². The number of carbonyl (C=O) groups is 3. The Bertz CT molecular complexity index is 1080. The number of fused-ring (bicyclic) bond motifs is 3. The zero-order valence-electron chi connectivity index (χ0n) is 20.0. The van der Waals surface area contributed by atoms with Crippen LogP contribution in [-0.4, -0.2) is 53.7 Å². The number of aliphatic carboxylic acids is 1. The highest BCUT2D eigenvalue weighted by Crippen LogP contribution is 2.44. The summed E-state index contributed by atoms with van der Waals surface area (Å²) in [6.45, 7) is 2.69. The van der Waals surface area contributed by atoms with Crippen LogP contribution in [0.15, 0.2) is 48.5 Å². The summed E-state index contributed by atoms with van der Waals surface area (Å²) >= 11 is 0. The Balaban J connectivity index is 1.21.